The molecule has 38 heavy (non-hydrogen) atoms. The van der Waals surface area contributed by atoms with Crippen LogP contribution in [-0.4, -0.2) is 34.8 Å². The number of nitrogens with zero attached hydrogens (tertiary/aromatic N) is 2. The van der Waals surface area contributed by atoms with Crippen LogP contribution in [0.2, 0.25) is 0 Å². The summed E-state index contributed by atoms with van der Waals surface area (Å²) in [5.74, 6) is 1.52. The van der Waals surface area contributed by atoms with Crippen molar-refractivity contribution in [1.82, 2.24) is 15.2 Å². The molecule has 1 atom stereocenters. The van der Waals surface area contributed by atoms with E-state index in [0.717, 1.165) is 49.8 Å². The number of carbonyl (C=O) groups is 2. The van der Waals surface area contributed by atoms with Gasteiger partial charge in [-0.25, -0.2) is 4.98 Å². The zero-order valence-electron chi connectivity index (χ0n) is 22.5. The van der Waals surface area contributed by atoms with Crippen molar-refractivity contribution in [2.24, 2.45) is 11.8 Å². The van der Waals surface area contributed by atoms with E-state index in [9.17, 15) is 9.59 Å². The van der Waals surface area contributed by atoms with Gasteiger partial charge in [-0.15, -0.1) is 0 Å². The van der Waals surface area contributed by atoms with Crippen molar-refractivity contribution in [2.75, 3.05) is 13.1 Å². The van der Waals surface area contributed by atoms with Gasteiger partial charge in [0.15, 0.2) is 12.3 Å². The van der Waals surface area contributed by atoms with E-state index in [4.69, 9.17) is 9.15 Å². The summed E-state index contributed by atoms with van der Waals surface area (Å²) in [6, 6.07) is 14.4. The van der Waals surface area contributed by atoms with Crippen LogP contribution in [0.25, 0.3) is 0 Å². The summed E-state index contributed by atoms with van der Waals surface area (Å²) >= 11 is 0. The summed E-state index contributed by atoms with van der Waals surface area (Å²) in [6.45, 7) is 7.57. The maximum absolute atomic E-state index is 13.7. The van der Waals surface area contributed by atoms with Crippen LogP contribution in [0.1, 0.15) is 84.2 Å². The Bertz CT molecular complexity index is 1290. The molecule has 1 fully saturated rings. The molecule has 2 aromatic carbocycles. The number of benzene rings is 2. The molecule has 2 heterocycles. The highest BCUT2D eigenvalue weighted by Gasteiger charge is 2.36. The zero-order chi connectivity index (χ0) is 26.6. The molecule has 7 nitrogen and oxygen atoms in total. The number of hydrogen-bond donors (Lipinski definition) is 1. The quantitative estimate of drug-likeness (QED) is 0.421. The molecule has 1 aromatic heterocycles. The molecule has 0 saturated heterocycles. The third-order valence-corrected chi connectivity index (χ3v) is 7.51. The first-order chi connectivity index (χ1) is 18.4. The highest BCUT2D eigenvalue weighted by molar-refractivity contribution is 5.91. The maximum Gasteiger partial charge on any atom is 0.273 e. The van der Waals surface area contributed by atoms with Crippen molar-refractivity contribution in [3.8, 4) is 5.75 Å². The van der Waals surface area contributed by atoms with Gasteiger partial charge in [-0.05, 0) is 60.9 Å². The van der Waals surface area contributed by atoms with Crippen LogP contribution in [-0.2, 0) is 17.8 Å². The maximum atomic E-state index is 13.7. The average Bonchev–Trinajstić information content (AvgIpc) is 3.62. The molecule has 2 aliphatic rings. The summed E-state index contributed by atoms with van der Waals surface area (Å²) in [5, 5.41) is 2.84. The number of ether oxygens (including phenoxy) is 1. The minimum Gasteiger partial charge on any atom is -0.484 e. The number of hydrogen-bond acceptors (Lipinski definition) is 5. The van der Waals surface area contributed by atoms with Gasteiger partial charge >= 0.3 is 0 Å². The first kappa shape index (κ1) is 26.0. The number of amides is 2. The van der Waals surface area contributed by atoms with Crippen molar-refractivity contribution in [2.45, 2.75) is 65.5 Å². The molecule has 0 bridgehead atoms. The van der Waals surface area contributed by atoms with Crippen LogP contribution in [0.3, 0.4) is 0 Å². The van der Waals surface area contributed by atoms with Crippen LogP contribution in [0.5, 0.6) is 5.75 Å². The largest absolute Gasteiger partial charge is 0.484 e. The van der Waals surface area contributed by atoms with Gasteiger partial charge < -0.3 is 19.4 Å². The van der Waals surface area contributed by atoms with Crippen molar-refractivity contribution in [1.29, 1.82) is 0 Å². The van der Waals surface area contributed by atoms with Gasteiger partial charge in [-0.1, -0.05) is 62.6 Å². The summed E-state index contributed by atoms with van der Waals surface area (Å²) in [7, 11) is 0. The lowest BCUT2D eigenvalue weighted by Gasteiger charge is -2.39. The monoisotopic (exact) mass is 515 g/mol. The number of aryl methyl sites for hydroxylation is 1. The van der Waals surface area contributed by atoms with Crippen LogP contribution >= 0.6 is 0 Å². The average molecular weight is 516 g/mol. The lowest BCUT2D eigenvalue weighted by molar-refractivity contribution is -0.137. The second-order valence-electron chi connectivity index (χ2n) is 11.0. The third kappa shape index (κ3) is 5.77. The summed E-state index contributed by atoms with van der Waals surface area (Å²) in [4.78, 5) is 32.3. The van der Waals surface area contributed by atoms with Gasteiger partial charge in [0.2, 0.25) is 11.8 Å². The predicted octanol–water partition coefficient (Wildman–Crippen LogP) is 5.61. The molecule has 0 radical (unpaired) electrons. The van der Waals surface area contributed by atoms with Gasteiger partial charge in [-0.2, -0.15) is 0 Å². The fourth-order valence-electron chi connectivity index (χ4n) is 5.54. The lowest BCUT2D eigenvalue weighted by atomic mass is 9.86. The predicted molar refractivity (Wildman–Crippen MR) is 145 cm³/mol. The molecule has 2 amide bonds. The normalized spacial score (nSPS) is 17.5. The minimum atomic E-state index is -0.254. The number of carbonyl (C=O) groups excluding carboxylic acids is 2. The molecular weight excluding hydrogens is 478 g/mol. The Morgan fingerprint density at radius 1 is 1.16 bits per heavy atom. The fraction of sp³-hybridized carbons (Fsp3) is 0.452. The Morgan fingerprint density at radius 2 is 1.97 bits per heavy atom. The summed E-state index contributed by atoms with van der Waals surface area (Å²) in [5.41, 5.74) is 4.88. The topological polar surface area (TPSA) is 84.7 Å². The number of oxazole rings is 1. The van der Waals surface area contributed by atoms with Crippen molar-refractivity contribution < 1.29 is 18.7 Å². The minimum absolute atomic E-state index is 0.107. The smallest absolute Gasteiger partial charge is 0.273 e. The molecule has 1 saturated carbocycles. The molecular formula is C31H37N3O4. The number of aromatic nitrogens is 1. The molecule has 3 aromatic rings. The number of rotatable bonds is 8. The van der Waals surface area contributed by atoms with Gasteiger partial charge in [0.1, 0.15) is 12.0 Å². The zero-order valence-corrected chi connectivity index (χ0v) is 22.5. The standard InChI is InChI=1S/C31H37N3O4/c1-20(2)17-32-30(35)27-18-38-28(33-27)19-37-25-12-11-22-13-14-34(31(36)23-8-4-5-9-23)29(26(22)16-25)24-10-6-7-21(3)15-24/h6-7,10-12,15-16,18,20,23,29H,4-5,8-9,13-14,17,19H2,1-3H3,(H,32,35). The molecule has 200 valence electrons. The van der Waals surface area contributed by atoms with Crippen LogP contribution in [0.4, 0.5) is 0 Å². The van der Waals surface area contributed by atoms with Gasteiger partial charge in [0.05, 0.1) is 6.04 Å². The van der Waals surface area contributed by atoms with Gasteiger partial charge in [0, 0.05) is 19.0 Å². The Morgan fingerprint density at radius 3 is 2.74 bits per heavy atom. The first-order valence-corrected chi connectivity index (χ1v) is 13.7. The molecule has 1 unspecified atom stereocenters. The highest BCUT2D eigenvalue weighted by atomic mass is 16.5. The second-order valence-corrected chi connectivity index (χ2v) is 11.0. The summed E-state index contributed by atoms with van der Waals surface area (Å²) < 4.78 is 11.5. The molecule has 5 rings (SSSR count). The van der Waals surface area contributed by atoms with Crippen molar-refractivity contribution >= 4 is 11.8 Å². The van der Waals surface area contributed by atoms with Crippen molar-refractivity contribution in [3.05, 3.63) is 82.6 Å². The van der Waals surface area contributed by atoms with Crippen LogP contribution in [0.15, 0.2) is 53.1 Å². The SMILES string of the molecule is Cc1cccc(C2c3cc(OCc4nc(C(=O)NCC(C)C)co4)ccc3CCN2C(=O)C2CCCC2)c1. The Kier molecular flexibility index (Phi) is 7.82. The van der Waals surface area contributed by atoms with Gasteiger partial charge in [0.25, 0.3) is 5.91 Å². The second kappa shape index (κ2) is 11.4. The van der Waals surface area contributed by atoms with E-state index < -0.39 is 0 Å². The highest BCUT2D eigenvalue weighted by Crippen LogP contribution is 2.40. The van der Waals surface area contributed by atoms with E-state index in [0.29, 0.717) is 24.1 Å². The molecule has 1 aliphatic heterocycles. The van der Waals surface area contributed by atoms with Gasteiger partial charge in [-0.3, -0.25) is 9.59 Å². The summed E-state index contributed by atoms with van der Waals surface area (Å²) in [6.07, 6.45) is 6.43. The molecule has 0 spiro atoms. The first-order valence-electron chi connectivity index (χ1n) is 13.7. The van der Waals surface area contributed by atoms with E-state index in [1.54, 1.807) is 0 Å². The van der Waals surface area contributed by atoms with Crippen LogP contribution < -0.4 is 10.1 Å². The fourth-order valence-corrected chi connectivity index (χ4v) is 5.54. The Hall–Kier alpha value is -3.61. The van der Waals surface area contributed by atoms with Crippen LogP contribution in [0, 0.1) is 18.8 Å². The van der Waals surface area contributed by atoms with E-state index in [-0.39, 0.29) is 36.1 Å². The number of nitrogens with one attached hydrogen (secondary N) is 1. The van der Waals surface area contributed by atoms with E-state index >= 15 is 0 Å². The Balaban J connectivity index is 1.37. The van der Waals surface area contributed by atoms with E-state index in [1.807, 2.05) is 19.9 Å². The number of fused-ring (bicyclic) bond motifs is 1. The molecule has 1 N–H and O–H groups in total. The Labute approximate surface area is 224 Å². The molecule has 7 heteroatoms. The molecule has 1 aliphatic carbocycles. The van der Waals surface area contributed by atoms with E-state index in [1.165, 1.54) is 17.4 Å². The van der Waals surface area contributed by atoms with Crippen molar-refractivity contribution in [3.63, 3.8) is 0 Å². The van der Waals surface area contributed by atoms with E-state index in [2.05, 4.69) is 58.5 Å². The lowest BCUT2D eigenvalue weighted by Crippen LogP contribution is -2.43. The third-order valence-electron chi connectivity index (χ3n) is 7.51.